The van der Waals surface area contributed by atoms with Crippen molar-refractivity contribution in [1.82, 2.24) is 9.97 Å². The van der Waals surface area contributed by atoms with Crippen LogP contribution in [-0.2, 0) is 11.3 Å². The van der Waals surface area contributed by atoms with Crippen molar-refractivity contribution in [2.75, 3.05) is 11.9 Å². The van der Waals surface area contributed by atoms with Crippen LogP contribution < -0.4 is 10.1 Å². The van der Waals surface area contributed by atoms with Crippen LogP contribution in [0.4, 0.5) is 5.82 Å². The first-order valence-electron chi connectivity index (χ1n) is 8.56. The zero-order chi connectivity index (χ0) is 17.9. The molecular formula is C19H18ClN3O3. The van der Waals surface area contributed by atoms with Gasteiger partial charge >= 0.3 is 0 Å². The number of hydrogen-bond acceptors (Lipinski definition) is 6. The predicted molar refractivity (Wildman–Crippen MR) is 98.4 cm³/mol. The number of carbonyl (C=O) groups excluding carboxylic acids is 1. The lowest BCUT2D eigenvalue weighted by atomic mass is 10.1. The van der Waals surface area contributed by atoms with E-state index >= 15 is 0 Å². The largest absolute Gasteiger partial charge is 0.491 e. The third-order valence-electron chi connectivity index (χ3n) is 4.49. The third-order valence-corrected chi connectivity index (χ3v) is 4.66. The summed E-state index contributed by atoms with van der Waals surface area (Å²) in [6, 6.07) is 9.39. The molecule has 0 saturated heterocycles. The van der Waals surface area contributed by atoms with Gasteiger partial charge in [-0.2, -0.15) is 0 Å². The van der Waals surface area contributed by atoms with Crippen molar-refractivity contribution in [1.29, 1.82) is 0 Å². The number of aromatic nitrogens is 2. The van der Waals surface area contributed by atoms with E-state index < -0.39 is 0 Å². The fourth-order valence-electron chi connectivity index (χ4n) is 3.17. The molecule has 3 aromatic rings. The number of rotatable bonds is 6. The molecule has 0 aliphatic heterocycles. The Labute approximate surface area is 155 Å². The first-order chi connectivity index (χ1) is 12.7. The van der Waals surface area contributed by atoms with Crippen LogP contribution in [-0.4, -0.2) is 22.4 Å². The van der Waals surface area contributed by atoms with Gasteiger partial charge in [0.1, 0.15) is 28.6 Å². The molecule has 4 rings (SSSR count). The van der Waals surface area contributed by atoms with Crippen LogP contribution in [0.1, 0.15) is 25.0 Å². The fraction of sp³-hybridized carbons (Fsp3) is 0.316. The normalized spacial score (nSPS) is 17.0. The molecule has 7 heteroatoms. The highest BCUT2D eigenvalue weighted by Gasteiger charge is 2.23. The van der Waals surface area contributed by atoms with Crippen molar-refractivity contribution >= 4 is 34.1 Å². The van der Waals surface area contributed by atoms with Crippen LogP contribution in [0, 0.1) is 5.92 Å². The summed E-state index contributed by atoms with van der Waals surface area (Å²) in [7, 11) is 0. The van der Waals surface area contributed by atoms with Gasteiger partial charge in [0.2, 0.25) is 5.28 Å². The van der Waals surface area contributed by atoms with E-state index in [1.807, 2.05) is 30.3 Å². The van der Waals surface area contributed by atoms with E-state index in [-0.39, 0.29) is 11.2 Å². The zero-order valence-corrected chi connectivity index (χ0v) is 14.8. The SMILES string of the molecule is O=C1CCC(COc2cccc3c(NCc4ccco4)nc(Cl)nc23)C1. The lowest BCUT2D eigenvalue weighted by Crippen LogP contribution is -2.10. The second-order valence-electron chi connectivity index (χ2n) is 6.38. The van der Waals surface area contributed by atoms with Crippen LogP contribution in [0.3, 0.4) is 0 Å². The molecule has 2 aromatic heterocycles. The summed E-state index contributed by atoms with van der Waals surface area (Å²) in [5, 5.41) is 4.20. The summed E-state index contributed by atoms with van der Waals surface area (Å²) in [6.45, 7) is 0.992. The van der Waals surface area contributed by atoms with Crippen LogP contribution in [0.15, 0.2) is 41.0 Å². The van der Waals surface area contributed by atoms with Crippen molar-refractivity contribution in [2.24, 2.45) is 5.92 Å². The molecule has 1 aromatic carbocycles. The number of halogens is 1. The Morgan fingerprint density at radius 1 is 1.27 bits per heavy atom. The Bertz CT molecular complexity index is 927. The number of ether oxygens (including phenoxy) is 1. The number of fused-ring (bicyclic) bond motifs is 1. The molecule has 2 heterocycles. The molecule has 0 bridgehead atoms. The average Bonchev–Trinajstić information content (AvgIpc) is 3.29. The topological polar surface area (TPSA) is 77.2 Å². The van der Waals surface area contributed by atoms with Gasteiger partial charge in [-0.15, -0.1) is 0 Å². The number of nitrogens with zero attached hydrogens (tertiary/aromatic N) is 2. The summed E-state index contributed by atoms with van der Waals surface area (Å²) in [4.78, 5) is 20.1. The van der Waals surface area contributed by atoms with Crippen LogP contribution in [0.2, 0.25) is 5.28 Å². The molecule has 26 heavy (non-hydrogen) atoms. The molecule has 1 atom stereocenters. The van der Waals surface area contributed by atoms with Crippen LogP contribution >= 0.6 is 11.6 Å². The number of carbonyl (C=O) groups is 1. The summed E-state index contributed by atoms with van der Waals surface area (Å²) >= 11 is 6.12. The first-order valence-corrected chi connectivity index (χ1v) is 8.94. The highest BCUT2D eigenvalue weighted by atomic mass is 35.5. The Balaban J connectivity index is 1.57. The standard InChI is InChI=1S/C19H18ClN3O3/c20-19-22-17-15(18(23-19)21-10-14-3-2-8-25-14)4-1-5-16(17)26-11-12-6-7-13(24)9-12/h1-5,8,12H,6-7,9-11H2,(H,21,22,23). The van der Waals surface area contributed by atoms with Crippen molar-refractivity contribution in [2.45, 2.75) is 25.8 Å². The lowest BCUT2D eigenvalue weighted by molar-refractivity contribution is -0.117. The molecule has 1 saturated carbocycles. The Hall–Kier alpha value is -2.60. The van der Waals surface area contributed by atoms with Gasteiger partial charge in [0, 0.05) is 24.1 Å². The zero-order valence-electron chi connectivity index (χ0n) is 14.1. The molecule has 1 unspecified atom stereocenters. The second-order valence-corrected chi connectivity index (χ2v) is 6.72. The molecule has 0 amide bonds. The molecule has 0 spiro atoms. The van der Waals surface area contributed by atoms with E-state index in [0.717, 1.165) is 17.6 Å². The van der Waals surface area contributed by atoms with Crippen LogP contribution in [0.5, 0.6) is 5.75 Å². The van der Waals surface area contributed by atoms with Gasteiger partial charge in [-0.1, -0.05) is 6.07 Å². The number of hydrogen-bond donors (Lipinski definition) is 1. The van der Waals surface area contributed by atoms with E-state index in [0.29, 0.717) is 48.9 Å². The van der Waals surface area contributed by atoms with E-state index in [2.05, 4.69) is 15.3 Å². The monoisotopic (exact) mass is 371 g/mol. The number of benzene rings is 1. The van der Waals surface area contributed by atoms with Crippen molar-refractivity contribution in [3.63, 3.8) is 0 Å². The molecular weight excluding hydrogens is 354 g/mol. The van der Waals surface area contributed by atoms with Gasteiger partial charge in [-0.3, -0.25) is 4.79 Å². The average molecular weight is 372 g/mol. The number of Topliss-reactive ketones (excluding diaryl/α,β-unsaturated/α-hetero) is 1. The number of nitrogens with one attached hydrogen (secondary N) is 1. The number of anilines is 1. The number of furan rings is 1. The van der Waals surface area contributed by atoms with E-state index in [4.69, 9.17) is 20.8 Å². The van der Waals surface area contributed by atoms with E-state index in [1.165, 1.54) is 0 Å². The summed E-state index contributed by atoms with van der Waals surface area (Å²) < 4.78 is 11.3. The minimum absolute atomic E-state index is 0.145. The molecule has 134 valence electrons. The summed E-state index contributed by atoms with van der Waals surface area (Å²) in [6.07, 6.45) is 3.76. The Morgan fingerprint density at radius 2 is 2.19 bits per heavy atom. The molecule has 1 aliphatic carbocycles. The van der Waals surface area contributed by atoms with E-state index in [9.17, 15) is 4.79 Å². The van der Waals surface area contributed by atoms with Crippen molar-refractivity contribution < 1.29 is 13.9 Å². The number of ketones is 1. The third kappa shape index (κ3) is 3.65. The minimum Gasteiger partial charge on any atom is -0.491 e. The van der Waals surface area contributed by atoms with E-state index in [1.54, 1.807) is 6.26 Å². The van der Waals surface area contributed by atoms with Crippen molar-refractivity contribution in [3.05, 3.63) is 47.6 Å². The smallest absolute Gasteiger partial charge is 0.225 e. The summed E-state index contributed by atoms with van der Waals surface area (Å²) in [5.74, 6) is 2.65. The van der Waals surface area contributed by atoms with Gasteiger partial charge in [-0.05, 0) is 42.3 Å². The Kier molecular flexibility index (Phi) is 4.75. The predicted octanol–water partition coefficient (Wildman–Crippen LogP) is 4.24. The highest BCUT2D eigenvalue weighted by molar-refractivity contribution is 6.29. The first kappa shape index (κ1) is 16.8. The minimum atomic E-state index is 0.145. The van der Waals surface area contributed by atoms with Gasteiger partial charge in [-0.25, -0.2) is 9.97 Å². The van der Waals surface area contributed by atoms with Gasteiger partial charge in [0.15, 0.2) is 0 Å². The maximum absolute atomic E-state index is 11.4. The fourth-order valence-corrected chi connectivity index (χ4v) is 3.34. The molecule has 6 nitrogen and oxygen atoms in total. The maximum atomic E-state index is 11.4. The quantitative estimate of drug-likeness (QED) is 0.653. The van der Waals surface area contributed by atoms with Crippen LogP contribution in [0.25, 0.3) is 10.9 Å². The molecule has 1 N–H and O–H groups in total. The highest BCUT2D eigenvalue weighted by Crippen LogP contribution is 2.31. The van der Waals surface area contributed by atoms with Gasteiger partial charge in [0.25, 0.3) is 0 Å². The van der Waals surface area contributed by atoms with Gasteiger partial charge in [0.05, 0.1) is 19.4 Å². The molecule has 0 radical (unpaired) electrons. The summed E-state index contributed by atoms with van der Waals surface area (Å²) in [5.41, 5.74) is 0.652. The molecule has 1 fully saturated rings. The maximum Gasteiger partial charge on any atom is 0.225 e. The number of para-hydroxylation sites is 1. The van der Waals surface area contributed by atoms with Gasteiger partial charge < -0.3 is 14.5 Å². The van der Waals surface area contributed by atoms with Crippen molar-refractivity contribution in [3.8, 4) is 5.75 Å². The molecule has 1 aliphatic rings. The second kappa shape index (κ2) is 7.33. The lowest BCUT2D eigenvalue weighted by Gasteiger charge is -2.14. The Morgan fingerprint density at radius 3 is 2.96 bits per heavy atom.